The standard InChI is InChI=1S/C13H18O3/c1-4-13(2,3)16-12(15)10-7-8-5-6-9(10)11(8)14/h5-6,8-10H,4,7H2,1-3H3. The number of ether oxygens (including phenoxy) is 1. The molecule has 3 nitrogen and oxygen atoms in total. The molecule has 88 valence electrons. The smallest absolute Gasteiger partial charge is 0.310 e. The number of fused-ring (bicyclic) bond motifs is 2. The monoisotopic (exact) mass is 222 g/mol. The first-order valence-corrected chi connectivity index (χ1v) is 5.89. The van der Waals surface area contributed by atoms with E-state index in [0.29, 0.717) is 6.42 Å². The zero-order valence-corrected chi connectivity index (χ0v) is 10.0. The van der Waals surface area contributed by atoms with E-state index in [1.54, 1.807) is 0 Å². The van der Waals surface area contributed by atoms with Crippen LogP contribution in [-0.4, -0.2) is 17.4 Å². The van der Waals surface area contributed by atoms with Gasteiger partial charge in [-0.2, -0.15) is 0 Å². The van der Waals surface area contributed by atoms with Gasteiger partial charge in [0.15, 0.2) is 0 Å². The normalized spacial score (nSPS) is 32.2. The molecule has 0 aromatic heterocycles. The van der Waals surface area contributed by atoms with E-state index in [2.05, 4.69) is 0 Å². The van der Waals surface area contributed by atoms with E-state index in [4.69, 9.17) is 4.74 Å². The number of ketones is 1. The molecule has 0 N–H and O–H groups in total. The second-order valence-electron chi connectivity index (χ2n) is 5.30. The predicted molar refractivity (Wildman–Crippen MR) is 59.7 cm³/mol. The van der Waals surface area contributed by atoms with E-state index in [-0.39, 0.29) is 29.5 Å². The van der Waals surface area contributed by atoms with E-state index in [1.807, 2.05) is 32.9 Å². The van der Waals surface area contributed by atoms with Crippen molar-refractivity contribution in [1.29, 1.82) is 0 Å². The summed E-state index contributed by atoms with van der Waals surface area (Å²) in [7, 11) is 0. The molecule has 0 heterocycles. The van der Waals surface area contributed by atoms with Crippen LogP contribution in [0.15, 0.2) is 12.2 Å². The Kier molecular flexibility index (Phi) is 2.64. The number of esters is 1. The molecule has 3 atom stereocenters. The van der Waals surface area contributed by atoms with Crippen molar-refractivity contribution in [3.05, 3.63) is 12.2 Å². The third-order valence-corrected chi connectivity index (χ3v) is 3.72. The zero-order chi connectivity index (χ0) is 11.9. The number of allylic oxidation sites excluding steroid dienone is 2. The van der Waals surface area contributed by atoms with Crippen LogP contribution in [0.5, 0.6) is 0 Å². The van der Waals surface area contributed by atoms with Crippen LogP contribution in [0.3, 0.4) is 0 Å². The fourth-order valence-corrected chi connectivity index (χ4v) is 2.30. The lowest BCUT2D eigenvalue weighted by Gasteiger charge is -2.26. The Morgan fingerprint density at radius 1 is 1.50 bits per heavy atom. The molecule has 1 saturated carbocycles. The van der Waals surface area contributed by atoms with Crippen LogP contribution in [0.25, 0.3) is 0 Å². The Hall–Kier alpha value is -1.12. The van der Waals surface area contributed by atoms with Gasteiger partial charge in [-0.15, -0.1) is 0 Å². The second-order valence-corrected chi connectivity index (χ2v) is 5.30. The minimum absolute atomic E-state index is 0.0349. The number of carbonyl (C=O) groups is 2. The number of rotatable bonds is 3. The van der Waals surface area contributed by atoms with Crippen molar-refractivity contribution in [2.24, 2.45) is 17.8 Å². The highest BCUT2D eigenvalue weighted by atomic mass is 16.6. The molecular weight excluding hydrogens is 204 g/mol. The number of Topliss-reactive ketones (excluding diaryl/α,β-unsaturated/α-hetero) is 1. The summed E-state index contributed by atoms with van der Waals surface area (Å²) in [5, 5.41) is 0. The molecule has 0 saturated heterocycles. The lowest BCUT2D eigenvalue weighted by atomic mass is 9.93. The SMILES string of the molecule is CCC(C)(C)OC(=O)C1CC2C=CC1C2=O. The van der Waals surface area contributed by atoms with E-state index < -0.39 is 5.60 Å². The average molecular weight is 222 g/mol. The maximum absolute atomic E-state index is 11.9. The fraction of sp³-hybridized carbons (Fsp3) is 0.692. The summed E-state index contributed by atoms with van der Waals surface area (Å²) in [5.41, 5.74) is -0.425. The second kappa shape index (κ2) is 3.72. The van der Waals surface area contributed by atoms with Gasteiger partial charge in [-0.05, 0) is 26.7 Å². The van der Waals surface area contributed by atoms with Gasteiger partial charge in [-0.3, -0.25) is 9.59 Å². The lowest BCUT2D eigenvalue weighted by molar-refractivity contribution is -0.163. The molecule has 2 aliphatic rings. The molecule has 3 heteroatoms. The Morgan fingerprint density at radius 3 is 2.62 bits per heavy atom. The van der Waals surface area contributed by atoms with Crippen LogP contribution in [0.4, 0.5) is 0 Å². The van der Waals surface area contributed by atoms with Crippen molar-refractivity contribution in [2.45, 2.75) is 39.2 Å². The van der Waals surface area contributed by atoms with E-state index in [9.17, 15) is 9.59 Å². The largest absolute Gasteiger partial charge is 0.459 e. The summed E-state index contributed by atoms with van der Waals surface area (Å²) in [6.45, 7) is 5.78. The summed E-state index contributed by atoms with van der Waals surface area (Å²) in [6.07, 6.45) is 5.20. The molecule has 0 spiro atoms. The van der Waals surface area contributed by atoms with Crippen LogP contribution in [0, 0.1) is 17.8 Å². The van der Waals surface area contributed by atoms with Crippen LogP contribution >= 0.6 is 0 Å². The summed E-state index contributed by atoms with van der Waals surface area (Å²) in [4.78, 5) is 23.6. The molecule has 2 rings (SSSR count). The number of carbonyl (C=O) groups excluding carboxylic acids is 2. The quantitative estimate of drug-likeness (QED) is 0.542. The molecule has 0 radical (unpaired) electrons. The molecule has 1 fully saturated rings. The Bertz CT molecular complexity index is 354. The first-order valence-electron chi connectivity index (χ1n) is 5.89. The van der Waals surface area contributed by atoms with Gasteiger partial charge >= 0.3 is 5.97 Å². The molecule has 0 aromatic rings. The van der Waals surface area contributed by atoms with Crippen LogP contribution in [0.1, 0.15) is 33.6 Å². The van der Waals surface area contributed by atoms with E-state index in [1.165, 1.54) is 0 Å². The first-order chi connectivity index (χ1) is 7.44. The molecular formula is C13H18O3. The van der Waals surface area contributed by atoms with Crippen molar-refractivity contribution in [1.82, 2.24) is 0 Å². The third kappa shape index (κ3) is 1.79. The number of hydrogen-bond acceptors (Lipinski definition) is 3. The first kappa shape index (κ1) is 11.4. The Labute approximate surface area is 95.9 Å². The molecule has 0 amide bonds. The minimum Gasteiger partial charge on any atom is -0.459 e. The highest BCUT2D eigenvalue weighted by molar-refractivity contribution is 5.96. The van der Waals surface area contributed by atoms with Gasteiger partial charge < -0.3 is 4.74 Å². The topological polar surface area (TPSA) is 43.4 Å². The molecule has 3 unspecified atom stereocenters. The lowest BCUT2D eigenvalue weighted by Crippen LogP contribution is -2.32. The van der Waals surface area contributed by atoms with Crippen molar-refractivity contribution >= 4 is 11.8 Å². The van der Waals surface area contributed by atoms with Crippen molar-refractivity contribution in [3.63, 3.8) is 0 Å². The van der Waals surface area contributed by atoms with Crippen molar-refractivity contribution < 1.29 is 14.3 Å². The Morgan fingerprint density at radius 2 is 2.19 bits per heavy atom. The van der Waals surface area contributed by atoms with Gasteiger partial charge in [0.2, 0.25) is 0 Å². The Balaban J connectivity index is 2.03. The van der Waals surface area contributed by atoms with Gasteiger partial charge in [-0.25, -0.2) is 0 Å². The van der Waals surface area contributed by atoms with Gasteiger partial charge in [0.25, 0.3) is 0 Å². The highest BCUT2D eigenvalue weighted by Crippen LogP contribution is 2.41. The number of hydrogen-bond donors (Lipinski definition) is 0. The van der Waals surface area contributed by atoms with Gasteiger partial charge in [0, 0.05) is 11.8 Å². The molecule has 2 aliphatic carbocycles. The van der Waals surface area contributed by atoms with Crippen LogP contribution in [-0.2, 0) is 14.3 Å². The zero-order valence-electron chi connectivity index (χ0n) is 10.0. The van der Waals surface area contributed by atoms with Gasteiger partial charge in [0.1, 0.15) is 11.4 Å². The summed E-state index contributed by atoms with van der Waals surface area (Å²) in [5.74, 6) is -0.515. The van der Waals surface area contributed by atoms with E-state index in [0.717, 1.165) is 6.42 Å². The molecule has 0 aromatic carbocycles. The van der Waals surface area contributed by atoms with Crippen LogP contribution in [0.2, 0.25) is 0 Å². The van der Waals surface area contributed by atoms with Gasteiger partial charge in [-0.1, -0.05) is 19.1 Å². The summed E-state index contributed by atoms with van der Waals surface area (Å²) < 4.78 is 5.45. The maximum atomic E-state index is 11.9. The minimum atomic E-state index is -0.425. The molecule has 16 heavy (non-hydrogen) atoms. The fourth-order valence-electron chi connectivity index (χ4n) is 2.30. The van der Waals surface area contributed by atoms with Crippen molar-refractivity contribution in [3.8, 4) is 0 Å². The predicted octanol–water partition coefficient (Wildman–Crippen LogP) is 2.11. The van der Waals surface area contributed by atoms with Gasteiger partial charge in [0.05, 0.1) is 5.92 Å². The van der Waals surface area contributed by atoms with E-state index >= 15 is 0 Å². The highest BCUT2D eigenvalue weighted by Gasteiger charge is 2.48. The van der Waals surface area contributed by atoms with Crippen molar-refractivity contribution in [2.75, 3.05) is 0 Å². The molecule has 2 bridgehead atoms. The molecule has 0 aliphatic heterocycles. The average Bonchev–Trinajstić information content (AvgIpc) is 2.74. The maximum Gasteiger partial charge on any atom is 0.310 e. The van der Waals surface area contributed by atoms with Crippen LogP contribution < -0.4 is 0 Å². The third-order valence-electron chi connectivity index (χ3n) is 3.72. The summed E-state index contributed by atoms with van der Waals surface area (Å²) >= 11 is 0. The summed E-state index contributed by atoms with van der Waals surface area (Å²) in [6, 6.07) is 0.